The van der Waals surface area contributed by atoms with Crippen molar-refractivity contribution >= 4 is 33.7 Å². The fourth-order valence-electron chi connectivity index (χ4n) is 3.14. The van der Waals surface area contributed by atoms with Crippen LogP contribution in [-0.4, -0.2) is 51.4 Å². The van der Waals surface area contributed by atoms with Gasteiger partial charge in [0, 0.05) is 20.6 Å². The number of nitrogens with one attached hydrogen (secondary N) is 1. The van der Waals surface area contributed by atoms with Crippen molar-refractivity contribution in [3.8, 4) is 0 Å². The third kappa shape index (κ3) is 3.44. The number of H-pyrrole nitrogens is 1. The van der Waals surface area contributed by atoms with Crippen LogP contribution in [0.2, 0.25) is 0 Å². The van der Waals surface area contributed by atoms with Crippen LogP contribution in [-0.2, 0) is 11.3 Å². The summed E-state index contributed by atoms with van der Waals surface area (Å²) in [5.41, 5.74) is 2.42. The Morgan fingerprint density at radius 2 is 1.85 bits per heavy atom. The first-order valence-electron chi connectivity index (χ1n) is 8.68. The van der Waals surface area contributed by atoms with Gasteiger partial charge < -0.3 is 14.8 Å². The van der Waals surface area contributed by atoms with Gasteiger partial charge in [-0.3, -0.25) is 4.79 Å². The van der Waals surface area contributed by atoms with Crippen LogP contribution in [0.3, 0.4) is 0 Å². The van der Waals surface area contributed by atoms with Gasteiger partial charge in [-0.15, -0.1) is 0 Å². The Morgan fingerprint density at radius 3 is 2.70 bits per heavy atom. The number of imidazole rings is 1. The van der Waals surface area contributed by atoms with E-state index in [0.29, 0.717) is 18.0 Å². The Kier molecular flexibility index (Phi) is 4.42. The number of benzene rings is 2. The van der Waals surface area contributed by atoms with E-state index in [1.807, 2.05) is 26.2 Å². The third-order valence-corrected chi connectivity index (χ3v) is 4.60. The molecule has 0 fully saturated rings. The van der Waals surface area contributed by atoms with Crippen LogP contribution in [0.25, 0.3) is 21.9 Å². The van der Waals surface area contributed by atoms with Crippen molar-refractivity contribution in [2.24, 2.45) is 0 Å². The standard InChI is InChI=1S/C20H20N6O/c1-25(10-14-7-8-15-5-3-4-6-16(15)9-14)17(27)11-26(2)20-18-19(22-12-21-18)23-13-24-20/h3-9,12-13H,10-11H2,1-2H3,(H,21,22,23,24). The molecule has 7 heteroatoms. The predicted molar refractivity (Wildman–Crippen MR) is 105 cm³/mol. The summed E-state index contributed by atoms with van der Waals surface area (Å²) < 4.78 is 0. The largest absolute Gasteiger partial charge is 0.348 e. The second-order valence-electron chi connectivity index (χ2n) is 6.59. The number of amides is 1. The lowest BCUT2D eigenvalue weighted by molar-refractivity contribution is -0.128. The second kappa shape index (κ2) is 7.03. The van der Waals surface area contributed by atoms with Crippen molar-refractivity contribution in [1.82, 2.24) is 24.8 Å². The second-order valence-corrected chi connectivity index (χ2v) is 6.59. The maximum Gasteiger partial charge on any atom is 0.242 e. The van der Waals surface area contributed by atoms with Crippen molar-refractivity contribution in [2.45, 2.75) is 6.54 Å². The minimum absolute atomic E-state index is 0.0111. The van der Waals surface area contributed by atoms with E-state index in [1.165, 1.54) is 17.1 Å². The smallest absolute Gasteiger partial charge is 0.242 e. The van der Waals surface area contributed by atoms with Crippen molar-refractivity contribution in [3.05, 3.63) is 60.7 Å². The SMILES string of the molecule is CN(Cc1ccc2ccccc2c1)C(=O)CN(C)c1ncnc2nc[nH]c12. The Balaban J connectivity index is 1.46. The van der Waals surface area contributed by atoms with Gasteiger partial charge in [-0.05, 0) is 22.4 Å². The maximum absolute atomic E-state index is 12.7. The minimum atomic E-state index is 0.0111. The van der Waals surface area contributed by atoms with Crippen molar-refractivity contribution < 1.29 is 4.79 Å². The lowest BCUT2D eigenvalue weighted by Gasteiger charge is -2.23. The highest BCUT2D eigenvalue weighted by atomic mass is 16.2. The molecule has 1 amide bonds. The van der Waals surface area contributed by atoms with Crippen LogP contribution >= 0.6 is 0 Å². The molecule has 0 spiro atoms. The topological polar surface area (TPSA) is 78.0 Å². The highest BCUT2D eigenvalue weighted by Gasteiger charge is 2.16. The highest BCUT2D eigenvalue weighted by Crippen LogP contribution is 2.19. The van der Waals surface area contributed by atoms with Gasteiger partial charge in [0.15, 0.2) is 11.5 Å². The van der Waals surface area contributed by atoms with E-state index in [9.17, 15) is 4.79 Å². The first-order valence-corrected chi connectivity index (χ1v) is 8.68. The molecule has 2 aromatic heterocycles. The van der Waals surface area contributed by atoms with E-state index in [-0.39, 0.29) is 12.5 Å². The molecule has 136 valence electrons. The van der Waals surface area contributed by atoms with Crippen LogP contribution in [0.15, 0.2) is 55.1 Å². The molecule has 27 heavy (non-hydrogen) atoms. The molecular weight excluding hydrogens is 340 g/mol. The van der Waals surface area contributed by atoms with Crippen molar-refractivity contribution in [3.63, 3.8) is 0 Å². The summed E-state index contributed by atoms with van der Waals surface area (Å²) in [7, 11) is 3.65. The molecule has 0 unspecified atom stereocenters. The molecule has 0 saturated heterocycles. The molecule has 4 rings (SSSR count). The van der Waals surface area contributed by atoms with Gasteiger partial charge in [0.25, 0.3) is 0 Å². The molecule has 4 aromatic rings. The van der Waals surface area contributed by atoms with E-state index in [0.717, 1.165) is 11.1 Å². The van der Waals surface area contributed by atoms with Gasteiger partial charge in [0.2, 0.25) is 5.91 Å². The average Bonchev–Trinajstić information content (AvgIpc) is 3.16. The lowest BCUT2D eigenvalue weighted by Crippen LogP contribution is -2.36. The fourth-order valence-corrected chi connectivity index (χ4v) is 3.14. The molecule has 0 bridgehead atoms. The molecule has 0 radical (unpaired) electrons. The van der Waals surface area contributed by atoms with Gasteiger partial charge in [-0.25, -0.2) is 15.0 Å². The predicted octanol–water partition coefficient (Wildman–Crippen LogP) is 2.60. The van der Waals surface area contributed by atoms with E-state index in [4.69, 9.17) is 0 Å². The number of hydrogen-bond donors (Lipinski definition) is 1. The van der Waals surface area contributed by atoms with Crippen LogP contribution in [0.1, 0.15) is 5.56 Å². The Labute approximate surface area is 156 Å². The molecule has 2 heterocycles. The summed E-state index contributed by atoms with van der Waals surface area (Å²) in [5.74, 6) is 0.668. The number of likely N-dealkylation sites (N-methyl/N-ethyl adjacent to an activating group) is 2. The number of rotatable bonds is 5. The Morgan fingerprint density at radius 1 is 1.04 bits per heavy atom. The maximum atomic E-state index is 12.7. The molecule has 1 N–H and O–H groups in total. The first-order chi connectivity index (χ1) is 13.1. The summed E-state index contributed by atoms with van der Waals surface area (Å²) in [6.45, 7) is 0.774. The molecule has 0 aliphatic rings. The van der Waals surface area contributed by atoms with E-state index < -0.39 is 0 Å². The number of nitrogens with zero attached hydrogens (tertiary/aromatic N) is 5. The lowest BCUT2D eigenvalue weighted by atomic mass is 10.1. The summed E-state index contributed by atoms with van der Waals surface area (Å²) in [6.07, 6.45) is 3.03. The summed E-state index contributed by atoms with van der Waals surface area (Å²) in [5, 5.41) is 2.37. The molecule has 0 aliphatic heterocycles. The molecule has 7 nitrogen and oxygen atoms in total. The third-order valence-electron chi connectivity index (χ3n) is 4.60. The van der Waals surface area contributed by atoms with Crippen LogP contribution in [0.5, 0.6) is 0 Å². The zero-order chi connectivity index (χ0) is 18.8. The zero-order valence-electron chi connectivity index (χ0n) is 15.3. The molecule has 2 aromatic carbocycles. The number of aromatic amines is 1. The van der Waals surface area contributed by atoms with Gasteiger partial charge in [-0.2, -0.15) is 0 Å². The highest BCUT2D eigenvalue weighted by molar-refractivity contribution is 5.87. The van der Waals surface area contributed by atoms with E-state index in [1.54, 1.807) is 16.1 Å². The van der Waals surface area contributed by atoms with E-state index in [2.05, 4.69) is 50.3 Å². The molecule has 0 saturated carbocycles. The van der Waals surface area contributed by atoms with Crippen LogP contribution in [0, 0.1) is 0 Å². The van der Waals surface area contributed by atoms with Gasteiger partial charge >= 0.3 is 0 Å². The van der Waals surface area contributed by atoms with Crippen molar-refractivity contribution in [2.75, 3.05) is 25.5 Å². The first kappa shape index (κ1) is 17.0. The van der Waals surface area contributed by atoms with Gasteiger partial charge in [-0.1, -0.05) is 36.4 Å². The monoisotopic (exact) mass is 360 g/mol. The number of hydrogen-bond acceptors (Lipinski definition) is 5. The number of fused-ring (bicyclic) bond motifs is 2. The molecular formula is C20H20N6O. The Hall–Kier alpha value is -3.48. The summed E-state index contributed by atoms with van der Waals surface area (Å²) in [4.78, 5) is 31.8. The quantitative estimate of drug-likeness (QED) is 0.592. The van der Waals surface area contributed by atoms with Gasteiger partial charge in [0.1, 0.15) is 11.8 Å². The van der Waals surface area contributed by atoms with Gasteiger partial charge in [0.05, 0.1) is 12.9 Å². The summed E-state index contributed by atoms with van der Waals surface area (Å²) in [6, 6.07) is 14.5. The minimum Gasteiger partial charge on any atom is -0.348 e. The Bertz CT molecular complexity index is 1110. The number of aromatic nitrogens is 4. The van der Waals surface area contributed by atoms with Crippen LogP contribution in [0.4, 0.5) is 5.82 Å². The summed E-state index contributed by atoms with van der Waals surface area (Å²) >= 11 is 0. The number of anilines is 1. The van der Waals surface area contributed by atoms with Crippen LogP contribution < -0.4 is 4.90 Å². The normalized spacial score (nSPS) is 11.0. The average molecular weight is 360 g/mol. The van der Waals surface area contributed by atoms with E-state index >= 15 is 0 Å². The fraction of sp³-hybridized carbons (Fsp3) is 0.200. The number of carbonyl (C=O) groups is 1. The zero-order valence-corrected chi connectivity index (χ0v) is 15.3. The number of carbonyl (C=O) groups excluding carboxylic acids is 1. The molecule has 0 aliphatic carbocycles. The van der Waals surface area contributed by atoms with Crippen molar-refractivity contribution in [1.29, 1.82) is 0 Å². The molecule has 0 atom stereocenters.